The van der Waals surface area contributed by atoms with Gasteiger partial charge >= 0.3 is 0 Å². The third-order valence-corrected chi connectivity index (χ3v) is 7.44. The van der Waals surface area contributed by atoms with Crippen LogP contribution in [0.5, 0.6) is 5.75 Å². The van der Waals surface area contributed by atoms with E-state index in [1.165, 1.54) is 12.0 Å². The number of anilines is 1. The molecule has 1 fully saturated rings. The molecule has 1 unspecified atom stereocenters. The lowest BCUT2D eigenvalue weighted by atomic mass is 10.1. The average Bonchev–Trinajstić information content (AvgIpc) is 3.35. The fourth-order valence-corrected chi connectivity index (χ4v) is 5.29. The zero-order valence-electron chi connectivity index (χ0n) is 20.6. The number of carbonyl (C=O) groups is 2. The van der Waals surface area contributed by atoms with Crippen LogP contribution in [-0.4, -0.2) is 57.1 Å². The molecule has 0 aliphatic heterocycles. The van der Waals surface area contributed by atoms with Crippen molar-refractivity contribution in [1.29, 1.82) is 0 Å². The lowest BCUT2D eigenvalue weighted by Crippen LogP contribution is -2.53. The Labute approximate surface area is 208 Å². The van der Waals surface area contributed by atoms with Gasteiger partial charge in [-0.25, -0.2) is 8.42 Å². The smallest absolute Gasteiger partial charge is 0.244 e. The molecule has 0 bridgehead atoms. The molecule has 1 aliphatic carbocycles. The highest BCUT2D eigenvalue weighted by atomic mass is 32.2. The van der Waals surface area contributed by atoms with Gasteiger partial charge < -0.3 is 15.0 Å². The van der Waals surface area contributed by atoms with Crippen molar-refractivity contribution < 1.29 is 22.7 Å². The Balaban J connectivity index is 1.90. The first kappa shape index (κ1) is 26.5. The van der Waals surface area contributed by atoms with E-state index in [1.807, 2.05) is 37.3 Å². The number of hydrogen-bond acceptors (Lipinski definition) is 5. The molecule has 3 rings (SSSR count). The van der Waals surface area contributed by atoms with E-state index >= 15 is 0 Å². The zero-order valence-corrected chi connectivity index (χ0v) is 21.5. The Kier molecular flexibility index (Phi) is 9.14. The molecule has 8 nitrogen and oxygen atoms in total. The molecule has 1 aliphatic rings. The highest BCUT2D eigenvalue weighted by Gasteiger charge is 2.33. The van der Waals surface area contributed by atoms with Crippen LogP contribution in [0.15, 0.2) is 54.6 Å². The molecular weight excluding hydrogens is 466 g/mol. The number of nitrogens with zero attached hydrogens (tertiary/aromatic N) is 2. The summed E-state index contributed by atoms with van der Waals surface area (Å²) < 4.78 is 31.7. The van der Waals surface area contributed by atoms with E-state index in [2.05, 4.69) is 5.32 Å². The van der Waals surface area contributed by atoms with Crippen LogP contribution in [0.4, 0.5) is 5.69 Å². The van der Waals surface area contributed by atoms with Crippen molar-refractivity contribution in [3.05, 3.63) is 60.2 Å². The Bertz CT molecular complexity index is 1100. The van der Waals surface area contributed by atoms with Gasteiger partial charge in [0.1, 0.15) is 18.3 Å². The van der Waals surface area contributed by atoms with Crippen LogP contribution in [0.3, 0.4) is 0 Å². The number of hydrogen-bond donors (Lipinski definition) is 1. The molecule has 1 atom stereocenters. The van der Waals surface area contributed by atoms with Gasteiger partial charge in [0.2, 0.25) is 21.8 Å². The second-order valence-corrected chi connectivity index (χ2v) is 10.8. The predicted molar refractivity (Wildman–Crippen MR) is 137 cm³/mol. The van der Waals surface area contributed by atoms with Gasteiger partial charge in [-0.1, -0.05) is 56.2 Å². The van der Waals surface area contributed by atoms with Gasteiger partial charge in [-0.15, -0.1) is 0 Å². The quantitative estimate of drug-likeness (QED) is 0.510. The Morgan fingerprint density at radius 2 is 1.77 bits per heavy atom. The van der Waals surface area contributed by atoms with E-state index in [9.17, 15) is 18.0 Å². The lowest BCUT2D eigenvalue weighted by Gasteiger charge is -2.33. The summed E-state index contributed by atoms with van der Waals surface area (Å²) in [5, 5.41) is 3.10. The minimum absolute atomic E-state index is 0.120. The van der Waals surface area contributed by atoms with Gasteiger partial charge in [0.15, 0.2) is 0 Å². The van der Waals surface area contributed by atoms with Gasteiger partial charge in [-0.05, 0) is 37.0 Å². The first-order chi connectivity index (χ1) is 16.7. The summed E-state index contributed by atoms with van der Waals surface area (Å²) >= 11 is 0. The number of benzene rings is 2. The molecule has 2 amide bonds. The number of rotatable bonds is 11. The predicted octanol–water partition coefficient (Wildman–Crippen LogP) is 3.33. The van der Waals surface area contributed by atoms with E-state index in [0.29, 0.717) is 17.9 Å². The summed E-state index contributed by atoms with van der Waals surface area (Å²) in [6.07, 6.45) is 5.51. The summed E-state index contributed by atoms with van der Waals surface area (Å²) in [5.74, 6) is -0.168. The second kappa shape index (κ2) is 12.1. The average molecular weight is 502 g/mol. The second-order valence-electron chi connectivity index (χ2n) is 8.89. The molecule has 2 aromatic carbocycles. The van der Waals surface area contributed by atoms with Gasteiger partial charge in [-0.3, -0.25) is 13.9 Å². The fourth-order valence-electron chi connectivity index (χ4n) is 4.45. The van der Waals surface area contributed by atoms with Crippen LogP contribution in [0.1, 0.15) is 44.6 Å². The van der Waals surface area contributed by atoms with Crippen molar-refractivity contribution in [2.45, 2.75) is 57.7 Å². The maximum Gasteiger partial charge on any atom is 0.244 e. The summed E-state index contributed by atoms with van der Waals surface area (Å²) in [7, 11) is -2.29. The Hall–Kier alpha value is -3.07. The Morgan fingerprint density at radius 1 is 1.09 bits per heavy atom. The summed E-state index contributed by atoms with van der Waals surface area (Å²) in [4.78, 5) is 28.4. The first-order valence-electron chi connectivity index (χ1n) is 12.0. The number of carbonyl (C=O) groups excluding carboxylic acids is 2. The number of methoxy groups -OCH3 is 1. The van der Waals surface area contributed by atoms with Gasteiger partial charge in [-0.2, -0.15) is 0 Å². The van der Waals surface area contributed by atoms with E-state index in [-0.39, 0.29) is 18.5 Å². The standard InChI is InChI=1S/C26H35N3O5S/c1-4-24(26(31)27-21-13-8-9-14-21)28(18-20-11-6-5-7-12-20)25(30)19-29(35(3,32)33)22-15-10-16-23(17-22)34-2/h5-7,10-12,15-17,21,24H,4,8-9,13-14,18-19H2,1-3H3,(H,27,31). The normalized spacial score (nSPS) is 14.8. The lowest BCUT2D eigenvalue weighted by molar-refractivity contribution is -0.140. The van der Waals surface area contributed by atoms with Gasteiger partial charge in [0, 0.05) is 18.7 Å². The monoisotopic (exact) mass is 501 g/mol. The molecule has 0 aromatic heterocycles. The number of nitrogens with one attached hydrogen (secondary N) is 1. The minimum Gasteiger partial charge on any atom is -0.497 e. The highest BCUT2D eigenvalue weighted by Crippen LogP contribution is 2.24. The van der Waals surface area contributed by atoms with E-state index < -0.39 is 28.5 Å². The van der Waals surface area contributed by atoms with Crippen LogP contribution < -0.4 is 14.4 Å². The SMILES string of the molecule is CCC(C(=O)NC1CCCC1)N(Cc1ccccc1)C(=O)CN(c1cccc(OC)c1)S(C)(=O)=O. The molecule has 2 aromatic rings. The van der Waals surface area contributed by atoms with E-state index in [1.54, 1.807) is 24.3 Å². The third kappa shape index (κ3) is 7.21. The van der Waals surface area contributed by atoms with E-state index in [4.69, 9.17) is 4.74 Å². The molecule has 35 heavy (non-hydrogen) atoms. The van der Waals surface area contributed by atoms with Crippen molar-refractivity contribution in [3.8, 4) is 5.75 Å². The van der Waals surface area contributed by atoms with Gasteiger partial charge in [0.05, 0.1) is 19.1 Å². The summed E-state index contributed by atoms with van der Waals surface area (Å²) in [5.41, 5.74) is 1.18. The number of amides is 2. The zero-order chi connectivity index (χ0) is 25.4. The molecule has 190 valence electrons. The first-order valence-corrected chi connectivity index (χ1v) is 13.8. The maximum atomic E-state index is 13.7. The van der Waals surface area contributed by atoms with Crippen molar-refractivity contribution in [3.63, 3.8) is 0 Å². The van der Waals surface area contributed by atoms with Crippen LogP contribution in [0.2, 0.25) is 0 Å². The molecule has 0 heterocycles. The fraction of sp³-hybridized carbons (Fsp3) is 0.462. The molecule has 1 N–H and O–H groups in total. The molecular formula is C26H35N3O5S. The summed E-state index contributed by atoms with van der Waals surface area (Å²) in [6, 6.07) is 15.4. The molecule has 0 radical (unpaired) electrons. The van der Waals surface area contributed by atoms with Crippen molar-refractivity contribution in [2.24, 2.45) is 0 Å². The van der Waals surface area contributed by atoms with E-state index in [0.717, 1.165) is 41.8 Å². The molecule has 0 saturated heterocycles. The third-order valence-electron chi connectivity index (χ3n) is 6.30. The molecule has 1 saturated carbocycles. The maximum absolute atomic E-state index is 13.7. The number of ether oxygens (including phenoxy) is 1. The largest absolute Gasteiger partial charge is 0.497 e. The minimum atomic E-state index is -3.79. The van der Waals surface area contributed by atoms with Gasteiger partial charge in [0.25, 0.3) is 0 Å². The van der Waals surface area contributed by atoms with Crippen LogP contribution in [0.25, 0.3) is 0 Å². The number of sulfonamides is 1. The van der Waals surface area contributed by atoms with Crippen LogP contribution in [-0.2, 0) is 26.2 Å². The van der Waals surface area contributed by atoms with Crippen molar-refractivity contribution >= 4 is 27.5 Å². The highest BCUT2D eigenvalue weighted by molar-refractivity contribution is 7.92. The Morgan fingerprint density at radius 3 is 2.37 bits per heavy atom. The topological polar surface area (TPSA) is 96.0 Å². The van der Waals surface area contributed by atoms with Crippen LogP contribution in [0, 0.1) is 0 Å². The van der Waals surface area contributed by atoms with Crippen LogP contribution >= 0.6 is 0 Å². The summed E-state index contributed by atoms with van der Waals surface area (Å²) in [6.45, 7) is 1.64. The van der Waals surface area contributed by atoms with Crippen molar-refractivity contribution in [1.82, 2.24) is 10.2 Å². The van der Waals surface area contributed by atoms with Crippen molar-refractivity contribution in [2.75, 3.05) is 24.2 Å². The molecule has 9 heteroatoms. The molecule has 0 spiro atoms.